The van der Waals surface area contributed by atoms with Gasteiger partial charge in [0.2, 0.25) is 0 Å². The molecule has 1 atom stereocenters. The summed E-state index contributed by atoms with van der Waals surface area (Å²) in [4.78, 5) is 0. The molecule has 2 heteroatoms. The van der Waals surface area contributed by atoms with E-state index in [2.05, 4.69) is 10.8 Å². The van der Waals surface area contributed by atoms with E-state index in [0.29, 0.717) is 6.42 Å². The number of ether oxygens (including phenoxy) is 1. The van der Waals surface area contributed by atoms with E-state index in [1.807, 2.05) is 13.8 Å². The molecule has 0 fully saturated rings. The van der Waals surface area contributed by atoms with Gasteiger partial charge in [0.1, 0.15) is 0 Å². The molecule has 0 aliphatic heterocycles. The van der Waals surface area contributed by atoms with Gasteiger partial charge >= 0.3 is 0 Å². The average Bonchev–Trinajstić information content (AvgIpc) is 1.87. The molecule has 60 valence electrons. The van der Waals surface area contributed by atoms with Gasteiger partial charge in [0.15, 0.2) is 6.29 Å². The van der Waals surface area contributed by atoms with Crippen LogP contribution >= 0.6 is 0 Å². The van der Waals surface area contributed by atoms with Crippen molar-refractivity contribution in [3.05, 3.63) is 11.6 Å². The van der Waals surface area contributed by atoms with Crippen LogP contribution in [0.2, 0.25) is 0 Å². The van der Waals surface area contributed by atoms with E-state index in [1.165, 1.54) is 12.7 Å². The maximum atomic E-state index is 8.92. The zero-order valence-corrected chi connectivity index (χ0v) is 6.92. The van der Waals surface area contributed by atoms with E-state index in [1.54, 1.807) is 0 Å². The smallest absolute Gasteiger partial charge is 0.154 e. The van der Waals surface area contributed by atoms with Gasteiger partial charge in [-0.1, -0.05) is 11.6 Å². The van der Waals surface area contributed by atoms with E-state index in [9.17, 15) is 0 Å². The van der Waals surface area contributed by atoms with Crippen LogP contribution in [0.4, 0.5) is 0 Å². The molecule has 0 amide bonds. The predicted octanol–water partition coefficient (Wildman–Crippen LogP) is 1.70. The number of hydrogen-bond acceptors (Lipinski definition) is 2. The second kappa shape index (κ2) is 5.45. The van der Waals surface area contributed by atoms with Crippen molar-refractivity contribution in [3.8, 4) is 0 Å². The largest absolute Gasteiger partial charge is 0.368 e. The number of methoxy groups -OCH3 is 1. The number of aliphatic hydroxyl groups excluding tert-OH is 1. The monoisotopic (exact) mass is 144 g/mol. The molecule has 0 aromatic heterocycles. The lowest BCUT2D eigenvalue weighted by Gasteiger charge is -2.04. The molecule has 0 aromatic rings. The van der Waals surface area contributed by atoms with Gasteiger partial charge in [-0.3, -0.25) is 0 Å². The quantitative estimate of drug-likeness (QED) is 0.480. The first kappa shape index (κ1) is 9.66. The summed E-state index contributed by atoms with van der Waals surface area (Å²) in [6.07, 6.45) is 3.05. The summed E-state index contributed by atoms with van der Waals surface area (Å²) in [7, 11) is 1.51. The molecule has 0 spiro atoms. The Bertz CT molecular complexity index is 104. The molecule has 0 bridgehead atoms. The van der Waals surface area contributed by atoms with Gasteiger partial charge in [0.25, 0.3) is 0 Å². The lowest BCUT2D eigenvalue weighted by Crippen LogP contribution is -2.07. The Morgan fingerprint density at radius 1 is 1.60 bits per heavy atom. The fourth-order valence-corrected chi connectivity index (χ4v) is 0.632. The Balaban J connectivity index is 3.28. The number of allylic oxidation sites excluding steroid dienone is 2. The molecule has 0 aromatic carbocycles. The SMILES string of the molecule is COC(O)CCC=C(C)C. The second-order valence-corrected chi connectivity index (χ2v) is 2.55. The topological polar surface area (TPSA) is 29.5 Å². The first-order chi connectivity index (χ1) is 4.66. The Labute approximate surface area is 62.5 Å². The van der Waals surface area contributed by atoms with Crippen LogP contribution in [-0.2, 0) is 4.74 Å². The van der Waals surface area contributed by atoms with Crippen LogP contribution in [0.15, 0.2) is 11.6 Å². The highest BCUT2D eigenvalue weighted by atomic mass is 16.6. The molecule has 0 aliphatic rings. The minimum absolute atomic E-state index is 0.601. The zero-order chi connectivity index (χ0) is 7.98. The van der Waals surface area contributed by atoms with Gasteiger partial charge < -0.3 is 9.84 Å². The average molecular weight is 144 g/mol. The molecule has 0 saturated heterocycles. The molecule has 1 unspecified atom stereocenters. The minimum atomic E-state index is -0.601. The molecule has 2 nitrogen and oxygen atoms in total. The van der Waals surface area contributed by atoms with Crippen LogP contribution in [0.1, 0.15) is 26.7 Å². The number of aliphatic hydroxyl groups is 1. The highest BCUT2D eigenvalue weighted by molar-refractivity contribution is 4.92. The van der Waals surface area contributed by atoms with Crippen LogP contribution in [0.25, 0.3) is 0 Å². The van der Waals surface area contributed by atoms with Gasteiger partial charge in [-0.25, -0.2) is 0 Å². The molecular formula is C8H16O2. The molecule has 0 heterocycles. The summed E-state index contributed by atoms with van der Waals surface area (Å²) < 4.78 is 4.66. The van der Waals surface area contributed by atoms with Crippen molar-refractivity contribution in [1.29, 1.82) is 0 Å². The van der Waals surface area contributed by atoms with Crippen molar-refractivity contribution in [2.24, 2.45) is 0 Å². The number of hydrogen-bond donors (Lipinski definition) is 1. The molecule has 1 N–H and O–H groups in total. The first-order valence-corrected chi connectivity index (χ1v) is 3.51. The summed E-state index contributed by atoms with van der Waals surface area (Å²) >= 11 is 0. The normalized spacial score (nSPS) is 12.8. The van der Waals surface area contributed by atoms with Crippen LogP contribution < -0.4 is 0 Å². The van der Waals surface area contributed by atoms with E-state index in [4.69, 9.17) is 5.11 Å². The maximum absolute atomic E-state index is 8.92. The minimum Gasteiger partial charge on any atom is -0.368 e. The molecule has 10 heavy (non-hydrogen) atoms. The highest BCUT2D eigenvalue weighted by Crippen LogP contribution is 2.00. The number of rotatable bonds is 4. The fourth-order valence-electron chi connectivity index (χ4n) is 0.632. The molecule has 0 radical (unpaired) electrons. The van der Waals surface area contributed by atoms with Crippen molar-refractivity contribution in [1.82, 2.24) is 0 Å². The standard InChI is InChI=1S/C8H16O2/c1-7(2)5-4-6-8(9)10-3/h5,8-9H,4,6H2,1-3H3. The molecule has 0 rings (SSSR count). The van der Waals surface area contributed by atoms with E-state index in [0.717, 1.165) is 6.42 Å². The second-order valence-electron chi connectivity index (χ2n) is 2.55. The summed E-state index contributed by atoms with van der Waals surface area (Å²) in [5, 5.41) is 8.92. The van der Waals surface area contributed by atoms with Gasteiger partial charge in [-0.15, -0.1) is 0 Å². The van der Waals surface area contributed by atoms with E-state index < -0.39 is 6.29 Å². The summed E-state index contributed by atoms with van der Waals surface area (Å²) in [5.41, 5.74) is 1.28. The Hall–Kier alpha value is -0.340. The van der Waals surface area contributed by atoms with E-state index >= 15 is 0 Å². The Morgan fingerprint density at radius 3 is 2.60 bits per heavy atom. The summed E-state index contributed by atoms with van der Waals surface area (Å²) in [6.45, 7) is 4.08. The highest BCUT2D eigenvalue weighted by Gasteiger charge is 1.96. The van der Waals surface area contributed by atoms with Crippen molar-refractivity contribution >= 4 is 0 Å². The van der Waals surface area contributed by atoms with Crippen molar-refractivity contribution in [2.45, 2.75) is 33.0 Å². The summed E-state index contributed by atoms with van der Waals surface area (Å²) in [6, 6.07) is 0. The van der Waals surface area contributed by atoms with Crippen LogP contribution in [-0.4, -0.2) is 18.5 Å². The van der Waals surface area contributed by atoms with Crippen molar-refractivity contribution < 1.29 is 9.84 Å². The van der Waals surface area contributed by atoms with Crippen molar-refractivity contribution in [2.75, 3.05) is 7.11 Å². The molecule has 0 saturated carbocycles. The lowest BCUT2D eigenvalue weighted by molar-refractivity contribution is -0.0773. The molecule has 0 aliphatic carbocycles. The van der Waals surface area contributed by atoms with Crippen molar-refractivity contribution in [3.63, 3.8) is 0 Å². The van der Waals surface area contributed by atoms with E-state index in [-0.39, 0.29) is 0 Å². The zero-order valence-electron chi connectivity index (χ0n) is 6.92. The first-order valence-electron chi connectivity index (χ1n) is 3.51. The fraction of sp³-hybridized carbons (Fsp3) is 0.750. The van der Waals surface area contributed by atoms with Gasteiger partial charge in [0.05, 0.1) is 0 Å². The Kier molecular flexibility index (Phi) is 5.26. The van der Waals surface area contributed by atoms with Crippen LogP contribution in [0.5, 0.6) is 0 Å². The third kappa shape index (κ3) is 5.79. The van der Waals surface area contributed by atoms with Gasteiger partial charge in [-0.2, -0.15) is 0 Å². The maximum Gasteiger partial charge on any atom is 0.154 e. The van der Waals surface area contributed by atoms with Gasteiger partial charge in [-0.05, 0) is 20.3 Å². The van der Waals surface area contributed by atoms with Gasteiger partial charge in [0, 0.05) is 13.5 Å². The summed E-state index contributed by atoms with van der Waals surface area (Å²) in [5.74, 6) is 0. The van der Waals surface area contributed by atoms with Crippen LogP contribution in [0.3, 0.4) is 0 Å². The third-order valence-electron chi connectivity index (χ3n) is 1.24. The third-order valence-corrected chi connectivity index (χ3v) is 1.24. The lowest BCUT2D eigenvalue weighted by atomic mass is 10.2. The molecular weight excluding hydrogens is 128 g/mol. The Morgan fingerprint density at radius 2 is 2.20 bits per heavy atom. The van der Waals surface area contributed by atoms with Crippen LogP contribution in [0, 0.1) is 0 Å². The predicted molar refractivity (Wildman–Crippen MR) is 41.7 cm³/mol.